The Balaban J connectivity index is 1.41. The molecule has 2 aromatic heterocycles. The molecule has 1 saturated carbocycles. The van der Waals surface area contributed by atoms with Gasteiger partial charge >= 0.3 is 0 Å². The summed E-state index contributed by atoms with van der Waals surface area (Å²) in [5.41, 5.74) is 1.88. The maximum atomic E-state index is 13.9. The molecule has 1 amide bonds. The number of hydrogen-bond donors (Lipinski definition) is 0. The van der Waals surface area contributed by atoms with E-state index in [1.54, 1.807) is 24.7 Å². The van der Waals surface area contributed by atoms with Gasteiger partial charge in [-0.25, -0.2) is 19.3 Å². The second-order valence-corrected chi connectivity index (χ2v) is 7.95. The molecule has 2 aliphatic rings. The van der Waals surface area contributed by atoms with Crippen molar-refractivity contribution >= 4 is 5.91 Å². The fourth-order valence-electron chi connectivity index (χ4n) is 4.49. The molecule has 7 heteroatoms. The molecule has 6 nitrogen and oxygen atoms in total. The Kier molecular flexibility index (Phi) is 4.65. The second kappa shape index (κ2) is 7.48. The number of likely N-dealkylation sites (tertiary alicyclic amines) is 1. The zero-order valence-corrected chi connectivity index (χ0v) is 16.5. The summed E-state index contributed by atoms with van der Waals surface area (Å²) in [6.07, 6.45) is 6.65. The van der Waals surface area contributed by atoms with E-state index in [9.17, 15) is 9.18 Å². The van der Waals surface area contributed by atoms with E-state index in [1.165, 1.54) is 18.2 Å². The van der Waals surface area contributed by atoms with E-state index in [1.807, 2.05) is 24.0 Å². The van der Waals surface area contributed by atoms with Crippen LogP contribution in [0.2, 0.25) is 0 Å². The summed E-state index contributed by atoms with van der Waals surface area (Å²) in [6, 6.07) is 9.62. The lowest BCUT2D eigenvalue weighted by molar-refractivity contribution is 0.0467. The van der Waals surface area contributed by atoms with Gasteiger partial charge in [-0.2, -0.15) is 0 Å². The van der Waals surface area contributed by atoms with Crippen molar-refractivity contribution in [3.63, 3.8) is 0 Å². The van der Waals surface area contributed by atoms with E-state index in [-0.39, 0.29) is 18.1 Å². The number of carbonyl (C=O) groups excluding carboxylic acids is 1. The molecule has 1 aliphatic heterocycles. The summed E-state index contributed by atoms with van der Waals surface area (Å²) in [7, 11) is 0. The number of aromatic nitrogens is 3. The highest BCUT2D eigenvalue weighted by Gasteiger charge is 2.48. The average molecular weight is 404 g/mol. The molecule has 2 bridgehead atoms. The number of hydrogen-bond acceptors (Lipinski definition) is 5. The lowest BCUT2D eigenvalue weighted by Crippen LogP contribution is -2.47. The predicted octanol–water partition coefficient (Wildman–Crippen LogP) is 3.67. The number of fused-ring (bicyclic) bond motifs is 2. The van der Waals surface area contributed by atoms with Gasteiger partial charge in [-0.3, -0.25) is 4.79 Å². The molecule has 0 N–H and O–H groups in total. The van der Waals surface area contributed by atoms with Crippen molar-refractivity contribution in [1.82, 2.24) is 19.9 Å². The first kappa shape index (κ1) is 18.7. The summed E-state index contributed by atoms with van der Waals surface area (Å²) in [5.74, 6) is 0.733. The molecule has 3 aromatic rings. The van der Waals surface area contributed by atoms with Crippen LogP contribution in [0, 0.1) is 18.7 Å². The third-order valence-corrected chi connectivity index (χ3v) is 5.86. The first-order valence-corrected chi connectivity index (χ1v) is 10.1. The number of halogens is 1. The van der Waals surface area contributed by atoms with Gasteiger partial charge in [0.1, 0.15) is 11.9 Å². The Hall–Kier alpha value is -3.35. The molecule has 152 valence electrons. The smallest absolute Gasteiger partial charge is 0.254 e. The van der Waals surface area contributed by atoms with Crippen molar-refractivity contribution in [2.45, 2.75) is 31.9 Å². The van der Waals surface area contributed by atoms with E-state index in [4.69, 9.17) is 4.74 Å². The minimum atomic E-state index is -0.427. The Bertz CT molecular complexity index is 1070. The van der Waals surface area contributed by atoms with Crippen LogP contribution in [0.15, 0.2) is 55.0 Å². The maximum absolute atomic E-state index is 13.9. The molecule has 3 heterocycles. The monoisotopic (exact) mass is 404 g/mol. The Morgan fingerprint density at radius 2 is 1.97 bits per heavy atom. The lowest BCUT2D eigenvalue weighted by Gasteiger charge is -2.33. The number of pyridine rings is 1. The average Bonchev–Trinajstić information content (AvgIpc) is 3.36. The van der Waals surface area contributed by atoms with Crippen LogP contribution >= 0.6 is 0 Å². The van der Waals surface area contributed by atoms with E-state index >= 15 is 0 Å². The number of carbonyl (C=O) groups is 1. The third kappa shape index (κ3) is 3.40. The first-order chi connectivity index (χ1) is 14.6. The topological polar surface area (TPSA) is 68.2 Å². The van der Waals surface area contributed by atoms with Crippen molar-refractivity contribution in [1.29, 1.82) is 0 Å². The van der Waals surface area contributed by atoms with Gasteiger partial charge in [-0.1, -0.05) is 6.07 Å². The van der Waals surface area contributed by atoms with Crippen LogP contribution in [0.3, 0.4) is 0 Å². The molecule has 3 atom stereocenters. The van der Waals surface area contributed by atoms with E-state index in [0.29, 0.717) is 35.3 Å². The quantitative estimate of drug-likeness (QED) is 0.664. The molecule has 0 radical (unpaired) electrons. The summed E-state index contributed by atoms with van der Waals surface area (Å²) in [5, 5.41) is 0. The summed E-state index contributed by atoms with van der Waals surface area (Å²) < 4.78 is 20.1. The van der Waals surface area contributed by atoms with Crippen LogP contribution in [0.5, 0.6) is 5.88 Å². The SMILES string of the molecule is Cc1ccc(OC2CC3CC2N(C(=O)c2ccc(F)cc2-c2ncccn2)C3)nc1. The molecular formula is C23H21FN4O2. The summed E-state index contributed by atoms with van der Waals surface area (Å²) >= 11 is 0. The number of piperidine rings is 1. The lowest BCUT2D eigenvalue weighted by atomic mass is 10.0. The molecule has 1 aliphatic carbocycles. The number of benzene rings is 1. The van der Waals surface area contributed by atoms with E-state index < -0.39 is 5.82 Å². The number of rotatable bonds is 4. The van der Waals surface area contributed by atoms with Gasteiger partial charge in [0.25, 0.3) is 5.91 Å². The van der Waals surface area contributed by atoms with Crippen molar-refractivity contribution in [3.8, 4) is 17.3 Å². The molecule has 30 heavy (non-hydrogen) atoms. The fourth-order valence-corrected chi connectivity index (χ4v) is 4.49. The standard InChI is InChI=1S/C23H21FN4O2/c1-14-3-6-21(27-12-14)30-20-10-15-9-19(20)28(13-15)23(29)17-5-4-16(24)11-18(17)22-25-7-2-8-26-22/h2-8,11-12,15,19-20H,9-10,13H2,1H3. The minimum Gasteiger partial charge on any atom is -0.472 e. The second-order valence-electron chi connectivity index (χ2n) is 7.95. The van der Waals surface area contributed by atoms with Crippen LogP contribution in [0.4, 0.5) is 4.39 Å². The van der Waals surface area contributed by atoms with Gasteiger partial charge in [0, 0.05) is 36.8 Å². The van der Waals surface area contributed by atoms with Crippen LogP contribution in [0.1, 0.15) is 28.8 Å². The molecule has 1 aromatic carbocycles. The first-order valence-electron chi connectivity index (χ1n) is 10.1. The van der Waals surface area contributed by atoms with E-state index in [2.05, 4.69) is 15.0 Å². The largest absolute Gasteiger partial charge is 0.472 e. The van der Waals surface area contributed by atoms with Crippen LogP contribution in [-0.4, -0.2) is 44.4 Å². The molecule has 3 unspecified atom stereocenters. The van der Waals surface area contributed by atoms with Crippen molar-refractivity contribution in [2.24, 2.45) is 5.92 Å². The van der Waals surface area contributed by atoms with Gasteiger partial charge in [0.15, 0.2) is 5.82 Å². The predicted molar refractivity (Wildman–Crippen MR) is 108 cm³/mol. The number of nitrogens with zero attached hydrogens (tertiary/aromatic N) is 4. The minimum absolute atomic E-state index is 0.0276. The highest BCUT2D eigenvalue weighted by molar-refractivity contribution is 6.00. The molecule has 5 rings (SSSR count). The van der Waals surface area contributed by atoms with Gasteiger partial charge in [-0.15, -0.1) is 0 Å². The molecule has 1 saturated heterocycles. The number of aryl methyl sites for hydroxylation is 1. The zero-order chi connectivity index (χ0) is 20.7. The Labute approximate surface area is 173 Å². The Morgan fingerprint density at radius 3 is 2.70 bits per heavy atom. The summed E-state index contributed by atoms with van der Waals surface area (Å²) in [4.78, 5) is 28.1. The van der Waals surface area contributed by atoms with Crippen molar-refractivity contribution in [3.05, 3.63) is 71.9 Å². The number of amides is 1. The molecular weight excluding hydrogens is 383 g/mol. The van der Waals surface area contributed by atoms with Gasteiger partial charge < -0.3 is 9.64 Å². The number of ether oxygens (including phenoxy) is 1. The third-order valence-electron chi connectivity index (χ3n) is 5.86. The van der Waals surface area contributed by atoms with Crippen LogP contribution < -0.4 is 4.74 Å². The normalized spacial score (nSPS) is 22.3. The fraction of sp³-hybridized carbons (Fsp3) is 0.304. The molecule has 0 spiro atoms. The molecule has 2 fully saturated rings. The highest BCUT2D eigenvalue weighted by Crippen LogP contribution is 2.41. The maximum Gasteiger partial charge on any atom is 0.254 e. The summed E-state index contributed by atoms with van der Waals surface area (Å²) in [6.45, 7) is 2.66. The van der Waals surface area contributed by atoms with Gasteiger partial charge in [0.2, 0.25) is 5.88 Å². The van der Waals surface area contributed by atoms with Crippen molar-refractivity contribution < 1.29 is 13.9 Å². The zero-order valence-electron chi connectivity index (χ0n) is 16.5. The van der Waals surface area contributed by atoms with Gasteiger partial charge in [0.05, 0.1) is 11.6 Å². The van der Waals surface area contributed by atoms with E-state index in [0.717, 1.165) is 18.4 Å². The highest BCUT2D eigenvalue weighted by atomic mass is 19.1. The van der Waals surface area contributed by atoms with Gasteiger partial charge in [-0.05, 0) is 55.5 Å². The van der Waals surface area contributed by atoms with Crippen molar-refractivity contribution in [2.75, 3.05) is 6.54 Å². The Morgan fingerprint density at radius 1 is 1.13 bits per heavy atom. The van der Waals surface area contributed by atoms with Crippen LogP contribution in [0.25, 0.3) is 11.4 Å². The van der Waals surface area contributed by atoms with Crippen LogP contribution in [-0.2, 0) is 0 Å².